The second-order valence-corrected chi connectivity index (χ2v) is 5.85. The number of nitrogens with two attached hydrogens (primary N) is 1. The van der Waals surface area contributed by atoms with E-state index in [0.717, 1.165) is 10.8 Å². The molecule has 1 saturated heterocycles. The topological polar surface area (TPSA) is 126 Å². The minimum atomic E-state index is -2.79. The monoisotopic (exact) mass is 374 g/mol. The SMILES string of the molecule is C[C@H](O)[C@H]1O[C@@H](n2cc(F)c3c(=O)[nH]c(N)nc32)C(F)(C#CCl)C1O. The number of H-pyrrole nitrogens is 1. The van der Waals surface area contributed by atoms with Crippen molar-refractivity contribution in [2.24, 2.45) is 0 Å². The van der Waals surface area contributed by atoms with Crippen LogP contribution in [0, 0.1) is 17.1 Å². The highest BCUT2D eigenvalue weighted by atomic mass is 35.5. The Balaban J connectivity index is 2.25. The summed E-state index contributed by atoms with van der Waals surface area (Å²) in [6.45, 7) is 1.28. The molecule has 2 aromatic heterocycles. The summed E-state index contributed by atoms with van der Waals surface area (Å²) in [6.07, 6.45) is -5.47. The largest absolute Gasteiger partial charge is 0.391 e. The van der Waals surface area contributed by atoms with E-state index in [2.05, 4.69) is 9.97 Å². The molecule has 0 bridgehead atoms. The molecule has 2 unspecified atom stereocenters. The Morgan fingerprint density at radius 2 is 2.32 bits per heavy atom. The summed E-state index contributed by atoms with van der Waals surface area (Å²) < 4.78 is 35.8. The number of ether oxygens (including phenoxy) is 1. The van der Waals surface area contributed by atoms with Gasteiger partial charge in [0.1, 0.15) is 17.6 Å². The van der Waals surface area contributed by atoms with Gasteiger partial charge >= 0.3 is 0 Å². The molecule has 1 fully saturated rings. The van der Waals surface area contributed by atoms with Crippen molar-refractivity contribution in [1.82, 2.24) is 14.5 Å². The first-order valence-electron chi connectivity index (χ1n) is 7.09. The number of nitrogens with one attached hydrogen (secondary N) is 1. The van der Waals surface area contributed by atoms with Crippen molar-refractivity contribution in [2.45, 2.75) is 37.1 Å². The maximum absolute atomic E-state index is 15.4. The van der Waals surface area contributed by atoms with Crippen molar-refractivity contribution < 1.29 is 23.7 Å². The average Bonchev–Trinajstić information content (AvgIpc) is 2.96. The first kappa shape index (κ1) is 17.6. The van der Waals surface area contributed by atoms with Gasteiger partial charge in [-0.1, -0.05) is 0 Å². The molecule has 5 atom stereocenters. The third-order valence-electron chi connectivity index (χ3n) is 4.01. The quantitative estimate of drug-likeness (QED) is 0.548. The van der Waals surface area contributed by atoms with Gasteiger partial charge in [0.05, 0.1) is 6.10 Å². The van der Waals surface area contributed by atoms with Gasteiger partial charge in [0.15, 0.2) is 17.7 Å². The highest BCUT2D eigenvalue weighted by molar-refractivity contribution is 6.30. The Morgan fingerprint density at radius 3 is 2.92 bits per heavy atom. The molecule has 2 aromatic rings. The number of halogens is 3. The van der Waals surface area contributed by atoms with Gasteiger partial charge in [0, 0.05) is 11.6 Å². The van der Waals surface area contributed by atoms with Crippen molar-refractivity contribution in [3.8, 4) is 11.3 Å². The van der Waals surface area contributed by atoms with E-state index in [-0.39, 0.29) is 11.6 Å². The molecule has 134 valence electrons. The third kappa shape index (κ3) is 2.56. The Hall–Kier alpha value is -2.19. The van der Waals surface area contributed by atoms with E-state index >= 15 is 4.39 Å². The Kier molecular flexibility index (Phi) is 4.20. The zero-order valence-electron chi connectivity index (χ0n) is 12.7. The van der Waals surface area contributed by atoms with Gasteiger partial charge in [-0.25, -0.2) is 8.78 Å². The summed E-state index contributed by atoms with van der Waals surface area (Å²) in [4.78, 5) is 17.8. The molecule has 0 radical (unpaired) electrons. The molecule has 3 rings (SSSR count). The number of alkyl halides is 1. The van der Waals surface area contributed by atoms with Crippen molar-refractivity contribution in [2.75, 3.05) is 5.73 Å². The molecule has 5 N–H and O–H groups in total. The number of hydrogen-bond donors (Lipinski definition) is 4. The lowest BCUT2D eigenvalue weighted by atomic mass is 9.95. The van der Waals surface area contributed by atoms with Crippen LogP contribution in [0.1, 0.15) is 13.2 Å². The van der Waals surface area contributed by atoms with Gasteiger partial charge in [0.25, 0.3) is 5.56 Å². The summed E-state index contributed by atoms with van der Waals surface area (Å²) in [5.41, 5.74) is 1.50. The van der Waals surface area contributed by atoms with Crippen LogP contribution < -0.4 is 11.3 Å². The van der Waals surface area contributed by atoms with Crippen LogP contribution in [0.5, 0.6) is 0 Å². The number of aliphatic hydroxyl groups excluding tert-OH is 2. The summed E-state index contributed by atoms with van der Waals surface area (Å²) >= 11 is 5.29. The molecular formula is C14H13ClF2N4O4. The molecule has 3 heterocycles. The van der Waals surface area contributed by atoms with Crippen molar-refractivity contribution in [3.05, 3.63) is 22.4 Å². The lowest BCUT2D eigenvalue weighted by Gasteiger charge is -2.24. The maximum Gasteiger partial charge on any atom is 0.264 e. The van der Waals surface area contributed by atoms with Crippen LogP contribution in [-0.2, 0) is 4.74 Å². The lowest BCUT2D eigenvalue weighted by molar-refractivity contribution is -0.0776. The van der Waals surface area contributed by atoms with Gasteiger partial charge in [-0.3, -0.25) is 14.3 Å². The van der Waals surface area contributed by atoms with E-state index in [0.29, 0.717) is 0 Å². The number of hydrogen-bond acceptors (Lipinski definition) is 6. The van der Waals surface area contributed by atoms with Crippen LogP contribution in [-0.4, -0.2) is 48.7 Å². The van der Waals surface area contributed by atoms with Crippen LogP contribution in [0.15, 0.2) is 11.0 Å². The lowest BCUT2D eigenvalue weighted by Crippen LogP contribution is -2.44. The van der Waals surface area contributed by atoms with E-state index in [1.54, 1.807) is 0 Å². The smallest absolute Gasteiger partial charge is 0.264 e. The molecular weight excluding hydrogens is 362 g/mol. The second-order valence-electron chi connectivity index (χ2n) is 5.66. The predicted octanol–water partition coefficient (Wildman–Crippen LogP) is -0.00700. The zero-order chi connectivity index (χ0) is 18.5. The first-order valence-corrected chi connectivity index (χ1v) is 7.47. The minimum Gasteiger partial charge on any atom is -0.391 e. The van der Waals surface area contributed by atoms with Gasteiger partial charge in [0.2, 0.25) is 11.6 Å². The Bertz CT molecular complexity index is 950. The normalized spacial score (nSPS) is 30.2. The fraction of sp³-hybridized carbons (Fsp3) is 0.429. The summed E-state index contributed by atoms with van der Waals surface area (Å²) in [6, 6.07) is 0. The highest BCUT2D eigenvalue weighted by Gasteiger charge is 2.59. The standard InChI is InChI=1S/C14H13ClF2N4O4/c1-5(22)8-9(23)14(17,2-3-15)12(25-8)21-4-6(16)7-10(21)19-13(18)20-11(7)24/h4-5,8-9,12,22-23H,1H3,(H3,18,19,20,24)/t5-,8+,9?,12+,14?/m0/s1. The number of aromatic amines is 1. The molecule has 0 amide bonds. The molecule has 0 saturated carbocycles. The number of aliphatic hydroxyl groups is 2. The molecule has 1 aliphatic heterocycles. The van der Waals surface area contributed by atoms with Crippen LogP contribution in [0.3, 0.4) is 0 Å². The summed E-state index contributed by atoms with van der Waals surface area (Å²) in [7, 11) is 0. The zero-order valence-corrected chi connectivity index (χ0v) is 13.5. The van der Waals surface area contributed by atoms with Crippen LogP contribution in [0.2, 0.25) is 0 Å². The van der Waals surface area contributed by atoms with Gasteiger partial charge < -0.3 is 20.7 Å². The molecule has 25 heavy (non-hydrogen) atoms. The number of aromatic nitrogens is 3. The van der Waals surface area contributed by atoms with Gasteiger partial charge in [-0.2, -0.15) is 4.98 Å². The fourth-order valence-corrected chi connectivity index (χ4v) is 3.01. The van der Waals surface area contributed by atoms with Gasteiger partial charge in [-0.15, -0.1) is 0 Å². The molecule has 11 heteroatoms. The number of fused-ring (bicyclic) bond motifs is 1. The Morgan fingerprint density at radius 1 is 1.64 bits per heavy atom. The number of nitrogen functional groups attached to an aromatic ring is 1. The average molecular weight is 375 g/mol. The molecule has 0 spiro atoms. The molecule has 1 aliphatic rings. The minimum absolute atomic E-state index is 0.305. The highest BCUT2D eigenvalue weighted by Crippen LogP contribution is 2.43. The van der Waals surface area contributed by atoms with E-state index < -0.39 is 47.0 Å². The fourth-order valence-electron chi connectivity index (χ4n) is 2.87. The third-order valence-corrected chi connectivity index (χ3v) is 4.10. The maximum atomic E-state index is 15.4. The number of anilines is 1. The number of nitrogens with zero attached hydrogens (tertiary/aromatic N) is 2. The van der Waals surface area contributed by atoms with Crippen LogP contribution in [0.25, 0.3) is 11.0 Å². The van der Waals surface area contributed by atoms with E-state index in [1.165, 1.54) is 6.92 Å². The van der Waals surface area contributed by atoms with E-state index in [9.17, 15) is 19.4 Å². The van der Waals surface area contributed by atoms with Crippen molar-refractivity contribution in [3.63, 3.8) is 0 Å². The predicted molar refractivity (Wildman–Crippen MR) is 83.8 cm³/mol. The van der Waals surface area contributed by atoms with Crippen LogP contribution in [0.4, 0.5) is 14.7 Å². The van der Waals surface area contributed by atoms with E-state index in [1.807, 2.05) is 11.3 Å². The van der Waals surface area contributed by atoms with Crippen molar-refractivity contribution >= 4 is 28.6 Å². The van der Waals surface area contributed by atoms with Crippen LogP contribution >= 0.6 is 11.6 Å². The summed E-state index contributed by atoms with van der Waals surface area (Å²) in [5, 5.41) is 21.2. The van der Waals surface area contributed by atoms with Gasteiger partial charge in [-0.05, 0) is 24.4 Å². The second kappa shape index (κ2) is 5.96. The Labute approximate surface area is 144 Å². The molecule has 8 nitrogen and oxygen atoms in total. The number of rotatable bonds is 2. The summed E-state index contributed by atoms with van der Waals surface area (Å²) in [5.74, 6) is 0.661. The first-order chi connectivity index (χ1) is 11.7. The molecule has 0 aromatic carbocycles. The molecule has 0 aliphatic carbocycles. The van der Waals surface area contributed by atoms with E-state index in [4.69, 9.17) is 22.1 Å². The van der Waals surface area contributed by atoms with Crippen molar-refractivity contribution in [1.29, 1.82) is 0 Å².